The van der Waals surface area contributed by atoms with Crippen molar-refractivity contribution < 1.29 is 20.4 Å². The van der Waals surface area contributed by atoms with Gasteiger partial charge in [-0.05, 0) is 0 Å². The number of rotatable bonds is 4. The molecule has 0 amide bonds. The van der Waals surface area contributed by atoms with E-state index in [1.165, 1.54) is 0 Å². The molecule has 7 nitrogen and oxygen atoms in total. The lowest BCUT2D eigenvalue weighted by Gasteiger charge is -2.18. The van der Waals surface area contributed by atoms with E-state index in [9.17, 15) is 10.2 Å². The van der Waals surface area contributed by atoms with Gasteiger partial charge < -0.3 is 26.2 Å². The van der Waals surface area contributed by atoms with E-state index in [2.05, 4.69) is 10.2 Å². The fourth-order valence-electron chi connectivity index (χ4n) is 0.831. The Labute approximate surface area is 95.6 Å². The van der Waals surface area contributed by atoms with E-state index in [4.69, 9.17) is 15.9 Å². The van der Waals surface area contributed by atoms with E-state index in [-0.39, 0.29) is 22.5 Å². The van der Waals surface area contributed by atoms with Crippen molar-refractivity contribution >= 4 is 28.9 Å². The van der Waals surface area contributed by atoms with Crippen LogP contribution in [0.5, 0.6) is 0 Å². The van der Waals surface area contributed by atoms with Crippen LogP contribution in [-0.4, -0.2) is 49.4 Å². The zero-order valence-corrected chi connectivity index (χ0v) is 9.15. The summed E-state index contributed by atoms with van der Waals surface area (Å²) in [5.74, 6) is 0. The number of anilines is 1. The summed E-state index contributed by atoms with van der Waals surface area (Å²) in [7, 11) is 0. The number of nitrogens with two attached hydrogens (primary N) is 1. The lowest BCUT2D eigenvalue weighted by atomic mass is 10.1. The molecule has 0 bridgehead atoms. The van der Waals surface area contributed by atoms with Gasteiger partial charge in [0.15, 0.2) is 5.01 Å². The molecule has 0 aliphatic heterocycles. The Hall–Kier alpha value is -0.510. The molecule has 1 aromatic rings. The van der Waals surface area contributed by atoms with Gasteiger partial charge in [-0.2, -0.15) is 0 Å². The van der Waals surface area contributed by atoms with E-state index < -0.39 is 24.9 Å². The second-order valence-electron chi connectivity index (χ2n) is 2.66. The van der Waals surface area contributed by atoms with E-state index in [0.717, 1.165) is 11.3 Å². The zero-order chi connectivity index (χ0) is 10.7. The monoisotopic (exact) mass is 257 g/mol. The van der Waals surface area contributed by atoms with Crippen molar-refractivity contribution in [2.75, 3.05) is 12.3 Å². The number of nitrogens with zero attached hydrogens (tertiary/aromatic N) is 2. The van der Waals surface area contributed by atoms with Crippen molar-refractivity contribution in [1.29, 1.82) is 0 Å². The maximum atomic E-state index is 9.44. The fraction of sp³-hybridized carbons (Fsp3) is 0.667. The Kier molecular flexibility index (Phi) is 5.95. The van der Waals surface area contributed by atoms with E-state index in [0.29, 0.717) is 0 Å². The first kappa shape index (κ1) is 14.5. The maximum absolute atomic E-state index is 9.44. The smallest absolute Gasteiger partial charge is 0.203 e. The Morgan fingerprint density at radius 1 is 1.27 bits per heavy atom. The molecule has 0 radical (unpaired) electrons. The molecule has 1 heterocycles. The molecule has 1 aromatic heterocycles. The molecule has 88 valence electrons. The molecule has 3 atom stereocenters. The van der Waals surface area contributed by atoms with Crippen LogP contribution in [0.1, 0.15) is 11.1 Å². The summed E-state index contributed by atoms with van der Waals surface area (Å²) in [5.41, 5.74) is 5.27. The third-order valence-corrected chi connectivity index (χ3v) is 2.44. The second kappa shape index (κ2) is 6.16. The standard InChI is InChI=1S/C6H11N3O4S.ClH/c7-6-9-8-5(14-6)4(13)3(12)2(11)1-10;/h2-4,10-13H,1H2,(H2,7,9);1H/t2-,3-,4+;/m0./s1. The van der Waals surface area contributed by atoms with Gasteiger partial charge in [-0.1, -0.05) is 11.3 Å². The van der Waals surface area contributed by atoms with Crippen LogP contribution in [0, 0.1) is 0 Å². The molecule has 1 rings (SSSR count). The van der Waals surface area contributed by atoms with Crippen LogP contribution in [0.15, 0.2) is 0 Å². The quantitative estimate of drug-likeness (QED) is 0.434. The molecule has 0 saturated heterocycles. The summed E-state index contributed by atoms with van der Waals surface area (Å²) in [5, 5.41) is 43.5. The van der Waals surface area contributed by atoms with Gasteiger partial charge in [-0.25, -0.2) is 0 Å². The third-order valence-electron chi connectivity index (χ3n) is 1.61. The SMILES string of the molecule is Cl.Nc1nnc([C@H](O)[C@@H](O)[C@@H](O)CO)s1. The number of aliphatic hydroxyl groups is 4. The molecular formula is C6H12ClN3O4S. The van der Waals surface area contributed by atoms with Gasteiger partial charge in [0.2, 0.25) is 5.13 Å². The number of aliphatic hydroxyl groups excluding tert-OH is 4. The zero-order valence-electron chi connectivity index (χ0n) is 7.52. The Morgan fingerprint density at radius 2 is 1.87 bits per heavy atom. The summed E-state index contributed by atoms with van der Waals surface area (Å²) in [6.45, 7) is -0.646. The molecule has 0 aliphatic rings. The van der Waals surface area contributed by atoms with Crippen molar-refractivity contribution in [1.82, 2.24) is 10.2 Å². The van der Waals surface area contributed by atoms with Gasteiger partial charge in [0.05, 0.1) is 6.61 Å². The van der Waals surface area contributed by atoms with E-state index in [1.807, 2.05) is 0 Å². The average molecular weight is 258 g/mol. The lowest BCUT2D eigenvalue weighted by Crippen LogP contribution is -2.34. The van der Waals surface area contributed by atoms with Crippen molar-refractivity contribution in [3.05, 3.63) is 5.01 Å². The summed E-state index contributed by atoms with van der Waals surface area (Å²) in [6.07, 6.45) is -4.32. The molecule has 0 unspecified atom stereocenters. The molecule has 9 heteroatoms. The molecule has 0 saturated carbocycles. The Bertz CT molecular complexity index is 300. The number of aromatic nitrogens is 2. The predicted molar refractivity (Wildman–Crippen MR) is 55.6 cm³/mol. The van der Waals surface area contributed by atoms with Crippen LogP contribution in [0.25, 0.3) is 0 Å². The van der Waals surface area contributed by atoms with Crippen LogP contribution in [0.3, 0.4) is 0 Å². The number of halogens is 1. The molecule has 0 aromatic carbocycles. The number of hydrogen-bond donors (Lipinski definition) is 5. The highest BCUT2D eigenvalue weighted by atomic mass is 35.5. The normalized spacial score (nSPS) is 16.5. The second-order valence-corrected chi connectivity index (χ2v) is 3.70. The summed E-state index contributed by atoms with van der Waals surface area (Å²) >= 11 is 0.905. The molecule has 0 spiro atoms. The summed E-state index contributed by atoms with van der Waals surface area (Å²) in [6, 6.07) is 0. The van der Waals surface area contributed by atoms with Gasteiger partial charge in [-0.3, -0.25) is 0 Å². The highest BCUT2D eigenvalue weighted by Gasteiger charge is 2.28. The van der Waals surface area contributed by atoms with Crippen molar-refractivity contribution in [3.63, 3.8) is 0 Å². The molecule has 0 fully saturated rings. The molecule has 0 aliphatic carbocycles. The number of nitrogen functional groups attached to an aromatic ring is 1. The Morgan fingerprint density at radius 3 is 2.27 bits per heavy atom. The van der Waals surface area contributed by atoms with Crippen LogP contribution >= 0.6 is 23.7 Å². The van der Waals surface area contributed by atoms with Gasteiger partial charge in [0, 0.05) is 0 Å². The van der Waals surface area contributed by atoms with E-state index in [1.54, 1.807) is 0 Å². The van der Waals surface area contributed by atoms with Crippen molar-refractivity contribution in [2.45, 2.75) is 18.3 Å². The lowest BCUT2D eigenvalue weighted by molar-refractivity contribution is -0.0778. The van der Waals surface area contributed by atoms with Gasteiger partial charge in [0.1, 0.15) is 18.3 Å². The van der Waals surface area contributed by atoms with Crippen LogP contribution in [0.2, 0.25) is 0 Å². The first-order valence-corrected chi connectivity index (χ1v) is 4.62. The fourth-order valence-corrected chi connectivity index (χ4v) is 1.47. The minimum Gasteiger partial charge on any atom is -0.394 e. The molecular weight excluding hydrogens is 246 g/mol. The first-order chi connectivity index (χ1) is 6.56. The Balaban J connectivity index is 0.00000196. The third kappa shape index (κ3) is 3.52. The van der Waals surface area contributed by atoms with Gasteiger partial charge in [0.25, 0.3) is 0 Å². The highest BCUT2D eigenvalue weighted by molar-refractivity contribution is 7.15. The van der Waals surface area contributed by atoms with Gasteiger partial charge in [-0.15, -0.1) is 22.6 Å². The van der Waals surface area contributed by atoms with Crippen molar-refractivity contribution in [2.24, 2.45) is 0 Å². The largest absolute Gasteiger partial charge is 0.394 e. The summed E-state index contributed by atoms with van der Waals surface area (Å²) < 4.78 is 0. The average Bonchev–Trinajstić information content (AvgIpc) is 2.61. The minimum absolute atomic E-state index is 0. The summed E-state index contributed by atoms with van der Waals surface area (Å²) in [4.78, 5) is 0. The maximum Gasteiger partial charge on any atom is 0.203 e. The number of hydrogen-bond acceptors (Lipinski definition) is 8. The van der Waals surface area contributed by atoms with Crippen molar-refractivity contribution in [3.8, 4) is 0 Å². The topological polar surface area (TPSA) is 133 Å². The molecule has 15 heavy (non-hydrogen) atoms. The predicted octanol–water partition coefficient (Wildman–Crippen LogP) is -1.71. The van der Waals surface area contributed by atoms with Crippen LogP contribution < -0.4 is 5.73 Å². The highest BCUT2D eigenvalue weighted by Crippen LogP contribution is 2.23. The minimum atomic E-state index is -1.51. The first-order valence-electron chi connectivity index (χ1n) is 3.80. The van der Waals surface area contributed by atoms with Crippen LogP contribution in [-0.2, 0) is 0 Å². The van der Waals surface area contributed by atoms with E-state index >= 15 is 0 Å². The van der Waals surface area contributed by atoms with Crippen LogP contribution in [0.4, 0.5) is 5.13 Å². The van der Waals surface area contributed by atoms with Gasteiger partial charge >= 0.3 is 0 Å². The molecule has 6 N–H and O–H groups in total.